The Hall–Kier alpha value is -1.14. The first-order valence-electron chi connectivity index (χ1n) is 7.88. The van der Waals surface area contributed by atoms with Crippen LogP contribution in [0.1, 0.15) is 47.4 Å². The summed E-state index contributed by atoms with van der Waals surface area (Å²) in [6.07, 6.45) is 3.77. The summed E-state index contributed by atoms with van der Waals surface area (Å²) in [4.78, 5) is 18.2. The molecule has 1 aromatic carbocycles. The number of amides is 1. The second kappa shape index (κ2) is 7.83. The van der Waals surface area contributed by atoms with Crippen molar-refractivity contribution in [3.05, 3.63) is 49.9 Å². The number of halogens is 2. The smallest absolute Gasteiger partial charge is 0.229 e. The number of carbonyl (C=O) groups excluding carboxylic acids is 1. The molecule has 1 heterocycles. The molecule has 24 heavy (non-hydrogen) atoms. The maximum Gasteiger partial charge on any atom is 0.229 e. The van der Waals surface area contributed by atoms with Gasteiger partial charge in [0.15, 0.2) is 0 Å². The van der Waals surface area contributed by atoms with Gasteiger partial charge in [0.25, 0.3) is 0 Å². The van der Waals surface area contributed by atoms with Crippen LogP contribution in [-0.4, -0.2) is 22.6 Å². The summed E-state index contributed by atoms with van der Waals surface area (Å²) in [7, 11) is 0. The van der Waals surface area contributed by atoms with E-state index in [-0.39, 0.29) is 18.4 Å². The van der Waals surface area contributed by atoms with E-state index in [1.807, 2.05) is 0 Å². The summed E-state index contributed by atoms with van der Waals surface area (Å²) in [5.74, 6) is -0.303. The number of nitrogens with one attached hydrogen (secondary N) is 1. The first-order valence-corrected chi connectivity index (χ1v) is 9.52. The van der Waals surface area contributed by atoms with Crippen molar-refractivity contribution in [2.24, 2.45) is 0 Å². The van der Waals surface area contributed by atoms with Gasteiger partial charge in [-0.25, -0.2) is 4.98 Å². The molecule has 1 aromatic heterocycles. The van der Waals surface area contributed by atoms with E-state index >= 15 is 0 Å². The van der Waals surface area contributed by atoms with Crippen LogP contribution in [0, 0.1) is 0 Å². The maximum atomic E-state index is 12.8. The Kier molecular flexibility index (Phi) is 5.76. The third kappa shape index (κ3) is 3.75. The molecule has 3 rings (SSSR count). The summed E-state index contributed by atoms with van der Waals surface area (Å²) >= 11 is 13.7. The molecule has 0 unspecified atom stereocenters. The number of hydrogen-bond acceptors (Lipinski definition) is 4. The molecular formula is C17H18Cl2N2O2S. The molecule has 4 nitrogen and oxygen atoms in total. The molecule has 0 bridgehead atoms. The highest BCUT2D eigenvalue weighted by Gasteiger charge is 2.29. The van der Waals surface area contributed by atoms with Crippen LogP contribution in [0.25, 0.3) is 0 Å². The SMILES string of the molecule is O=C(N[C@H](CO)c1ccc(Cl)cc1Cl)[C@H]1CCCCc2ncsc21. The van der Waals surface area contributed by atoms with E-state index in [0.717, 1.165) is 36.3 Å². The third-order valence-corrected chi connectivity index (χ3v) is 5.85. The van der Waals surface area contributed by atoms with Crippen LogP contribution in [0.15, 0.2) is 23.7 Å². The monoisotopic (exact) mass is 384 g/mol. The topological polar surface area (TPSA) is 62.2 Å². The van der Waals surface area contributed by atoms with Gasteiger partial charge >= 0.3 is 0 Å². The highest BCUT2D eigenvalue weighted by atomic mass is 35.5. The van der Waals surface area contributed by atoms with E-state index in [4.69, 9.17) is 23.2 Å². The van der Waals surface area contributed by atoms with E-state index in [0.29, 0.717) is 15.6 Å². The van der Waals surface area contributed by atoms with Crippen molar-refractivity contribution in [3.8, 4) is 0 Å². The molecule has 2 atom stereocenters. The molecule has 0 aliphatic heterocycles. The molecule has 1 aliphatic rings. The Bertz CT molecular complexity index is 735. The standard InChI is InChI=1S/C17H18Cl2N2O2S/c18-10-5-6-11(13(19)7-10)15(8-22)21-17(23)12-3-1-2-4-14-16(12)24-9-20-14/h5-7,9,12,15,22H,1-4,8H2,(H,21,23)/t12-,15+/m0/s1. The number of carbonyl (C=O) groups is 1. The van der Waals surface area contributed by atoms with Gasteiger partial charge in [0.1, 0.15) is 0 Å². The minimum Gasteiger partial charge on any atom is -0.394 e. The van der Waals surface area contributed by atoms with Crippen molar-refractivity contribution < 1.29 is 9.90 Å². The number of nitrogens with zero attached hydrogens (tertiary/aromatic N) is 1. The lowest BCUT2D eigenvalue weighted by atomic mass is 9.99. The molecule has 0 saturated heterocycles. The lowest BCUT2D eigenvalue weighted by Gasteiger charge is -2.21. The summed E-state index contributed by atoms with van der Waals surface area (Å²) in [6.45, 7) is -0.227. The molecule has 1 aliphatic carbocycles. The Morgan fingerprint density at radius 1 is 1.42 bits per heavy atom. The number of aromatic nitrogens is 1. The molecule has 0 radical (unpaired) electrons. The second-order valence-electron chi connectivity index (χ2n) is 5.87. The van der Waals surface area contributed by atoms with Crippen LogP contribution >= 0.6 is 34.5 Å². The Labute approximate surface area is 154 Å². The van der Waals surface area contributed by atoms with Crippen LogP contribution in [0.2, 0.25) is 10.0 Å². The van der Waals surface area contributed by atoms with Gasteiger partial charge in [-0.1, -0.05) is 35.7 Å². The Balaban J connectivity index is 1.80. The molecule has 0 spiro atoms. The zero-order chi connectivity index (χ0) is 17.1. The predicted octanol–water partition coefficient (Wildman–Crippen LogP) is 4.11. The first-order chi connectivity index (χ1) is 11.6. The normalized spacial score (nSPS) is 18.5. The van der Waals surface area contributed by atoms with Crippen LogP contribution in [-0.2, 0) is 11.2 Å². The summed E-state index contributed by atoms with van der Waals surface area (Å²) in [6, 6.07) is 4.49. The first kappa shape index (κ1) is 17.7. The molecule has 1 amide bonds. The molecular weight excluding hydrogens is 367 g/mol. The van der Waals surface area contributed by atoms with Crippen molar-refractivity contribution in [1.29, 1.82) is 0 Å². The van der Waals surface area contributed by atoms with Gasteiger partial charge in [-0.15, -0.1) is 11.3 Å². The fraction of sp³-hybridized carbons (Fsp3) is 0.412. The van der Waals surface area contributed by atoms with Crippen LogP contribution in [0.3, 0.4) is 0 Å². The van der Waals surface area contributed by atoms with Gasteiger partial charge < -0.3 is 10.4 Å². The molecule has 2 N–H and O–H groups in total. The van der Waals surface area contributed by atoms with Crippen molar-refractivity contribution >= 4 is 40.4 Å². The molecule has 2 aromatic rings. The average Bonchev–Trinajstić information content (AvgIpc) is 2.92. The number of hydrogen-bond donors (Lipinski definition) is 2. The molecule has 0 fully saturated rings. The van der Waals surface area contributed by atoms with E-state index in [1.165, 1.54) is 11.3 Å². The lowest BCUT2D eigenvalue weighted by molar-refractivity contribution is -0.123. The van der Waals surface area contributed by atoms with E-state index in [2.05, 4.69) is 10.3 Å². The van der Waals surface area contributed by atoms with Crippen molar-refractivity contribution in [3.63, 3.8) is 0 Å². The Morgan fingerprint density at radius 3 is 3.00 bits per heavy atom. The fourth-order valence-electron chi connectivity index (χ4n) is 3.05. The fourth-order valence-corrected chi connectivity index (χ4v) is 4.56. The maximum absolute atomic E-state index is 12.8. The highest BCUT2D eigenvalue weighted by Crippen LogP contribution is 2.34. The zero-order valence-corrected chi connectivity index (χ0v) is 15.3. The third-order valence-electron chi connectivity index (χ3n) is 4.30. The minimum absolute atomic E-state index is 0.0903. The van der Waals surface area contributed by atoms with Gasteiger partial charge in [0.05, 0.1) is 29.8 Å². The number of rotatable bonds is 4. The van der Waals surface area contributed by atoms with E-state index < -0.39 is 6.04 Å². The lowest BCUT2D eigenvalue weighted by Crippen LogP contribution is -2.34. The summed E-state index contributed by atoms with van der Waals surface area (Å²) < 4.78 is 0. The van der Waals surface area contributed by atoms with Gasteiger partial charge in [-0.3, -0.25) is 4.79 Å². The van der Waals surface area contributed by atoms with E-state index in [9.17, 15) is 9.90 Å². The van der Waals surface area contributed by atoms with Gasteiger partial charge in [-0.2, -0.15) is 0 Å². The predicted molar refractivity (Wildman–Crippen MR) is 96.8 cm³/mol. The van der Waals surface area contributed by atoms with Crippen LogP contribution in [0.4, 0.5) is 0 Å². The van der Waals surface area contributed by atoms with Crippen molar-refractivity contribution in [1.82, 2.24) is 10.3 Å². The number of aliphatic hydroxyl groups excluding tert-OH is 1. The number of aryl methyl sites for hydroxylation is 1. The number of aliphatic hydroxyl groups is 1. The molecule has 7 heteroatoms. The van der Waals surface area contributed by atoms with Crippen LogP contribution < -0.4 is 5.32 Å². The zero-order valence-electron chi connectivity index (χ0n) is 13.0. The largest absolute Gasteiger partial charge is 0.394 e. The molecule has 128 valence electrons. The Morgan fingerprint density at radius 2 is 2.25 bits per heavy atom. The highest BCUT2D eigenvalue weighted by molar-refractivity contribution is 7.10. The summed E-state index contributed by atoms with van der Waals surface area (Å²) in [5.41, 5.74) is 3.49. The van der Waals surface area contributed by atoms with Crippen LogP contribution in [0.5, 0.6) is 0 Å². The van der Waals surface area contributed by atoms with Crippen molar-refractivity contribution in [2.75, 3.05) is 6.61 Å². The molecule has 0 saturated carbocycles. The van der Waals surface area contributed by atoms with Gasteiger partial charge in [0, 0.05) is 14.9 Å². The minimum atomic E-state index is -0.554. The summed E-state index contributed by atoms with van der Waals surface area (Å²) in [5, 5.41) is 13.6. The second-order valence-corrected chi connectivity index (χ2v) is 7.60. The van der Waals surface area contributed by atoms with Gasteiger partial charge in [0.2, 0.25) is 5.91 Å². The quantitative estimate of drug-likeness (QED) is 0.779. The number of benzene rings is 1. The number of thiazole rings is 1. The van der Waals surface area contributed by atoms with Gasteiger partial charge in [-0.05, 0) is 37.0 Å². The van der Waals surface area contributed by atoms with Crippen molar-refractivity contribution in [2.45, 2.75) is 37.6 Å². The average molecular weight is 385 g/mol. The van der Waals surface area contributed by atoms with E-state index in [1.54, 1.807) is 23.7 Å². The number of fused-ring (bicyclic) bond motifs is 1.